The number of rotatable bonds is 11. The highest BCUT2D eigenvalue weighted by Crippen LogP contribution is 2.38. The summed E-state index contributed by atoms with van der Waals surface area (Å²) < 4.78 is 16.5. The zero-order chi connectivity index (χ0) is 27.4. The van der Waals surface area contributed by atoms with E-state index in [1.54, 1.807) is 14.2 Å². The number of nitrogens with zero attached hydrogens (tertiary/aromatic N) is 6. The Balaban J connectivity index is 1.34. The maximum atomic E-state index is 6.35. The molecule has 0 spiro atoms. The highest BCUT2D eigenvalue weighted by molar-refractivity contribution is 5.75. The molecule has 2 unspecified atom stereocenters. The number of hydrogen-bond acceptors (Lipinski definition) is 6. The minimum absolute atomic E-state index is 0.688. The molecule has 2 atom stereocenters. The van der Waals surface area contributed by atoms with Crippen LogP contribution in [-0.4, -0.2) is 44.2 Å². The standard InChI is InChI=1S/C32H32N6O2/c1-39-31(25-15-5-3-6-16-25,37-29-21-11-9-19-27(29)33-35-37)23-13-14-24-32(40-2,26-17-7-4-8-18-26)38-30-22-12-10-20-28(30)34-36-38/h3-12,15-22H,13-14,23-24H2,1-2H3. The van der Waals surface area contributed by atoms with Crippen LogP contribution in [0.2, 0.25) is 0 Å². The molecule has 2 heterocycles. The molecule has 0 radical (unpaired) electrons. The van der Waals surface area contributed by atoms with Gasteiger partial charge in [-0.3, -0.25) is 0 Å². The molecule has 6 rings (SSSR count). The molecule has 0 aliphatic rings. The van der Waals surface area contributed by atoms with Gasteiger partial charge in [0, 0.05) is 38.2 Å². The van der Waals surface area contributed by atoms with E-state index in [1.165, 1.54) is 0 Å². The van der Waals surface area contributed by atoms with Crippen LogP contribution < -0.4 is 0 Å². The summed E-state index contributed by atoms with van der Waals surface area (Å²) in [5.41, 5.74) is 3.93. The molecular formula is C32H32N6O2. The van der Waals surface area contributed by atoms with Gasteiger partial charge < -0.3 is 9.47 Å². The van der Waals surface area contributed by atoms with Crippen molar-refractivity contribution in [1.82, 2.24) is 30.0 Å². The minimum atomic E-state index is -0.820. The molecule has 0 bridgehead atoms. The summed E-state index contributed by atoms with van der Waals surface area (Å²) in [7, 11) is 3.49. The molecular weight excluding hydrogens is 500 g/mol. The molecule has 6 aromatic rings. The van der Waals surface area contributed by atoms with E-state index in [0.717, 1.165) is 46.0 Å². The zero-order valence-corrected chi connectivity index (χ0v) is 22.7. The van der Waals surface area contributed by atoms with Crippen LogP contribution in [0, 0.1) is 0 Å². The first-order valence-corrected chi connectivity index (χ1v) is 13.5. The lowest BCUT2D eigenvalue weighted by atomic mass is 9.92. The van der Waals surface area contributed by atoms with E-state index in [2.05, 4.69) is 44.9 Å². The van der Waals surface area contributed by atoms with Crippen molar-refractivity contribution in [3.63, 3.8) is 0 Å². The van der Waals surface area contributed by atoms with Crippen molar-refractivity contribution in [3.8, 4) is 0 Å². The van der Waals surface area contributed by atoms with Gasteiger partial charge in [0.2, 0.25) is 0 Å². The number of para-hydroxylation sites is 2. The van der Waals surface area contributed by atoms with Crippen LogP contribution in [0.1, 0.15) is 36.8 Å². The summed E-state index contributed by atoms with van der Waals surface area (Å²) in [6.07, 6.45) is 3.05. The number of benzene rings is 4. The van der Waals surface area contributed by atoms with Gasteiger partial charge in [-0.25, -0.2) is 9.36 Å². The molecule has 4 aromatic carbocycles. The van der Waals surface area contributed by atoms with Gasteiger partial charge in [0.05, 0.1) is 11.0 Å². The molecule has 0 saturated carbocycles. The molecule has 2 aromatic heterocycles. The number of methoxy groups -OCH3 is 2. The van der Waals surface area contributed by atoms with Crippen molar-refractivity contribution in [3.05, 3.63) is 120 Å². The van der Waals surface area contributed by atoms with E-state index in [4.69, 9.17) is 9.47 Å². The minimum Gasteiger partial charge on any atom is -0.353 e. The van der Waals surface area contributed by atoms with Crippen molar-refractivity contribution < 1.29 is 9.47 Å². The lowest BCUT2D eigenvalue weighted by Crippen LogP contribution is -2.39. The summed E-state index contributed by atoms with van der Waals surface area (Å²) in [5.74, 6) is 0. The van der Waals surface area contributed by atoms with Crippen molar-refractivity contribution in [1.29, 1.82) is 0 Å². The van der Waals surface area contributed by atoms with Gasteiger partial charge in [-0.1, -0.05) is 95.4 Å². The smallest absolute Gasteiger partial charge is 0.188 e. The van der Waals surface area contributed by atoms with Crippen molar-refractivity contribution in [2.24, 2.45) is 0 Å². The van der Waals surface area contributed by atoms with Gasteiger partial charge in [0.25, 0.3) is 0 Å². The number of hydrogen-bond donors (Lipinski definition) is 0. The molecule has 0 amide bonds. The van der Waals surface area contributed by atoms with Crippen LogP contribution in [0.4, 0.5) is 0 Å². The van der Waals surface area contributed by atoms with Gasteiger partial charge in [-0.05, 0) is 37.1 Å². The Morgan fingerprint density at radius 3 is 1.30 bits per heavy atom. The Labute approximate surface area is 233 Å². The maximum Gasteiger partial charge on any atom is 0.188 e. The van der Waals surface area contributed by atoms with E-state index in [-0.39, 0.29) is 0 Å². The van der Waals surface area contributed by atoms with Crippen molar-refractivity contribution >= 4 is 22.1 Å². The Hall–Kier alpha value is -4.40. The van der Waals surface area contributed by atoms with E-state index >= 15 is 0 Å². The fraction of sp³-hybridized carbons (Fsp3) is 0.250. The fourth-order valence-corrected chi connectivity index (χ4v) is 5.76. The maximum absolute atomic E-state index is 6.35. The highest BCUT2D eigenvalue weighted by Gasteiger charge is 2.39. The van der Waals surface area contributed by atoms with E-state index in [1.807, 2.05) is 94.3 Å². The number of aromatic nitrogens is 6. The SMILES string of the molecule is COC(CCCCC(OC)(c1ccccc1)n1nnc2ccccc21)(c1ccccc1)n1nnc2ccccc21. The average molecular weight is 533 g/mol. The summed E-state index contributed by atoms with van der Waals surface area (Å²) in [5, 5.41) is 18.0. The number of fused-ring (bicyclic) bond motifs is 2. The summed E-state index contributed by atoms with van der Waals surface area (Å²) >= 11 is 0. The Kier molecular flexibility index (Phi) is 7.11. The normalized spacial score (nSPS) is 14.8. The average Bonchev–Trinajstić information content (AvgIpc) is 3.66. The molecule has 0 aliphatic heterocycles. The Morgan fingerprint density at radius 1 is 0.525 bits per heavy atom. The third kappa shape index (κ3) is 4.35. The summed E-state index contributed by atoms with van der Waals surface area (Å²) in [6.45, 7) is 0. The molecule has 0 saturated heterocycles. The quantitative estimate of drug-likeness (QED) is 0.187. The largest absolute Gasteiger partial charge is 0.353 e. The zero-order valence-electron chi connectivity index (χ0n) is 22.7. The Morgan fingerprint density at radius 2 is 0.900 bits per heavy atom. The second kappa shape index (κ2) is 11.0. The van der Waals surface area contributed by atoms with Crippen LogP contribution >= 0.6 is 0 Å². The second-order valence-electron chi connectivity index (χ2n) is 9.90. The van der Waals surface area contributed by atoms with Gasteiger partial charge in [0.1, 0.15) is 11.0 Å². The molecule has 8 nitrogen and oxygen atoms in total. The predicted octanol–water partition coefficient (Wildman–Crippen LogP) is 6.13. The lowest BCUT2D eigenvalue weighted by Gasteiger charge is -2.35. The highest BCUT2D eigenvalue weighted by atomic mass is 16.5. The summed E-state index contributed by atoms with van der Waals surface area (Å²) in [6, 6.07) is 36.5. The first kappa shape index (κ1) is 25.9. The number of ether oxygens (including phenoxy) is 2. The van der Waals surface area contributed by atoms with E-state index in [9.17, 15) is 0 Å². The van der Waals surface area contributed by atoms with Crippen molar-refractivity contribution in [2.45, 2.75) is 37.1 Å². The molecule has 202 valence electrons. The molecule has 0 fully saturated rings. The van der Waals surface area contributed by atoms with Gasteiger partial charge >= 0.3 is 0 Å². The van der Waals surface area contributed by atoms with Crippen LogP contribution in [-0.2, 0) is 20.9 Å². The van der Waals surface area contributed by atoms with Crippen molar-refractivity contribution in [2.75, 3.05) is 14.2 Å². The fourth-order valence-electron chi connectivity index (χ4n) is 5.76. The molecule has 8 heteroatoms. The van der Waals surface area contributed by atoms with E-state index in [0.29, 0.717) is 12.8 Å². The summed E-state index contributed by atoms with van der Waals surface area (Å²) in [4.78, 5) is 0. The van der Waals surface area contributed by atoms with Crippen LogP contribution in [0.5, 0.6) is 0 Å². The van der Waals surface area contributed by atoms with Crippen LogP contribution in [0.25, 0.3) is 22.1 Å². The van der Waals surface area contributed by atoms with Gasteiger partial charge in [-0.15, -0.1) is 10.2 Å². The van der Waals surface area contributed by atoms with Gasteiger partial charge in [0.15, 0.2) is 11.4 Å². The molecule has 40 heavy (non-hydrogen) atoms. The first-order chi connectivity index (χ1) is 19.7. The monoisotopic (exact) mass is 532 g/mol. The molecule has 0 aliphatic carbocycles. The lowest BCUT2D eigenvalue weighted by molar-refractivity contribution is -0.0685. The first-order valence-electron chi connectivity index (χ1n) is 13.5. The third-order valence-electron chi connectivity index (χ3n) is 7.79. The topological polar surface area (TPSA) is 79.9 Å². The van der Waals surface area contributed by atoms with E-state index < -0.39 is 11.4 Å². The third-order valence-corrected chi connectivity index (χ3v) is 7.79. The van der Waals surface area contributed by atoms with Gasteiger partial charge in [-0.2, -0.15) is 0 Å². The second-order valence-corrected chi connectivity index (χ2v) is 9.90. The molecule has 0 N–H and O–H groups in total. The Bertz CT molecular complexity index is 1570. The number of unbranched alkanes of at least 4 members (excludes halogenated alkanes) is 1. The predicted molar refractivity (Wildman–Crippen MR) is 155 cm³/mol. The van der Waals surface area contributed by atoms with Crippen LogP contribution in [0.15, 0.2) is 109 Å². The van der Waals surface area contributed by atoms with Crippen LogP contribution in [0.3, 0.4) is 0 Å².